The minimum atomic E-state index is -3.76. The number of ether oxygens (including phenoxy) is 1. The van der Waals surface area contributed by atoms with Crippen molar-refractivity contribution in [2.75, 3.05) is 0 Å². The molecule has 1 aromatic rings. The Morgan fingerprint density at radius 1 is 1.79 bits per heavy atom. The van der Waals surface area contributed by atoms with Crippen molar-refractivity contribution >= 4 is 17.8 Å². The van der Waals surface area contributed by atoms with Gasteiger partial charge in [-0.25, -0.2) is 4.79 Å². The molecule has 5 nitrogen and oxygen atoms in total. The second-order valence-electron chi connectivity index (χ2n) is 2.38. The number of rotatable bonds is 2. The molecule has 0 aliphatic carbocycles. The highest BCUT2D eigenvalue weighted by molar-refractivity contribution is 6.21. The number of aryl methyl sites for hydroxylation is 1. The van der Waals surface area contributed by atoms with Crippen LogP contribution in [-0.2, 0) is 12.4 Å². The molecule has 0 aliphatic heterocycles. The summed E-state index contributed by atoms with van der Waals surface area (Å²) in [5.41, 5.74) is -0.927. The van der Waals surface area contributed by atoms with E-state index in [2.05, 4.69) is 21.4 Å². The minimum absolute atomic E-state index is 0.583. The van der Waals surface area contributed by atoms with Crippen LogP contribution in [0.2, 0.25) is 0 Å². The monoisotopic (exact) mass is 226 g/mol. The van der Waals surface area contributed by atoms with Gasteiger partial charge in [-0.15, -0.1) is 0 Å². The van der Waals surface area contributed by atoms with E-state index >= 15 is 0 Å². The summed E-state index contributed by atoms with van der Waals surface area (Å²) in [6, 6.07) is 0. The van der Waals surface area contributed by atoms with Crippen LogP contribution in [0.3, 0.4) is 0 Å². The van der Waals surface area contributed by atoms with Crippen molar-refractivity contribution < 1.29 is 23.4 Å². The Bertz CT molecular complexity index is 360. The molecule has 0 aromatic carbocycles. The van der Waals surface area contributed by atoms with Crippen LogP contribution in [0.5, 0.6) is 5.75 Å². The van der Waals surface area contributed by atoms with E-state index in [9.17, 15) is 13.6 Å². The van der Waals surface area contributed by atoms with Crippen molar-refractivity contribution in [1.29, 1.82) is 0 Å². The van der Waals surface area contributed by atoms with Gasteiger partial charge in [-0.05, 0) is 11.6 Å². The lowest BCUT2D eigenvalue weighted by molar-refractivity contribution is 0.0844. The molecular weight excluding hydrogens is 222 g/mol. The first-order valence-electron chi connectivity index (χ1n) is 3.32. The van der Waals surface area contributed by atoms with Crippen LogP contribution in [0, 0.1) is 0 Å². The number of halogens is 3. The minimum Gasteiger partial charge on any atom is -0.449 e. The van der Waals surface area contributed by atoms with Crippen LogP contribution in [0.4, 0.5) is 13.6 Å². The van der Waals surface area contributed by atoms with Gasteiger partial charge in [0.2, 0.25) is 0 Å². The van der Waals surface area contributed by atoms with Gasteiger partial charge in [-0.3, -0.25) is 4.68 Å². The lowest BCUT2D eigenvalue weighted by atomic mass is 10.4. The summed E-state index contributed by atoms with van der Waals surface area (Å²) in [6.45, 7) is 0. The molecule has 0 saturated carbocycles. The topological polar surface area (TPSA) is 64.3 Å². The Labute approximate surface area is 81.8 Å². The summed E-state index contributed by atoms with van der Waals surface area (Å²) in [4.78, 5) is 10.1. The highest BCUT2D eigenvalue weighted by Gasteiger charge is 2.36. The van der Waals surface area contributed by atoms with Gasteiger partial charge >= 0.3 is 11.5 Å². The molecule has 0 saturated heterocycles. The van der Waals surface area contributed by atoms with Gasteiger partial charge in [-0.2, -0.15) is 13.9 Å². The lowest BCUT2D eigenvalue weighted by Gasteiger charge is -2.05. The molecule has 0 bridgehead atoms. The number of alkyl halides is 3. The van der Waals surface area contributed by atoms with Gasteiger partial charge in [0.1, 0.15) is 0 Å². The molecule has 78 valence electrons. The van der Waals surface area contributed by atoms with E-state index in [0.717, 1.165) is 10.9 Å². The Kier molecular flexibility index (Phi) is 2.61. The predicted molar refractivity (Wildman–Crippen MR) is 41.6 cm³/mol. The SMILES string of the molecule is Cn1cc(OC(=O)O)c(C(F)(F)Cl)n1. The Morgan fingerprint density at radius 3 is 2.79 bits per heavy atom. The van der Waals surface area contributed by atoms with Crippen molar-refractivity contribution in [2.45, 2.75) is 5.38 Å². The van der Waals surface area contributed by atoms with Crippen molar-refractivity contribution in [1.82, 2.24) is 9.78 Å². The van der Waals surface area contributed by atoms with Gasteiger partial charge in [-0.1, -0.05) is 0 Å². The second-order valence-corrected chi connectivity index (χ2v) is 2.86. The van der Waals surface area contributed by atoms with Gasteiger partial charge in [0.15, 0.2) is 11.4 Å². The van der Waals surface area contributed by atoms with Gasteiger partial charge < -0.3 is 9.84 Å². The zero-order chi connectivity index (χ0) is 10.9. The molecule has 0 atom stereocenters. The first-order valence-corrected chi connectivity index (χ1v) is 3.70. The third kappa shape index (κ3) is 2.32. The van der Waals surface area contributed by atoms with Gasteiger partial charge in [0, 0.05) is 7.05 Å². The standard InChI is InChI=1S/C6H5ClF2N2O3/c1-11-2-3(14-5(12)13)4(10-11)6(7,8)9/h2H,1H3,(H,12,13). The second kappa shape index (κ2) is 3.41. The smallest absolute Gasteiger partial charge is 0.449 e. The lowest BCUT2D eigenvalue weighted by Crippen LogP contribution is -2.10. The molecule has 0 amide bonds. The number of hydrogen-bond donors (Lipinski definition) is 1. The van der Waals surface area contributed by atoms with Crippen molar-refractivity contribution in [3.05, 3.63) is 11.9 Å². The van der Waals surface area contributed by atoms with Gasteiger partial charge in [0.25, 0.3) is 0 Å². The van der Waals surface area contributed by atoms with E-state index in [4.69, 9.17) is 5.11 Å². The fourth-order valence-electron chi connectivity index (χ4n) is 0.832. The van der Waals surface area contributed by atoms with E-state index in [1.807, 2.05) is 0 Å². The number of carbonyl (C=O) groups is 1. The molecular formula is C6H5ClF2N2O3. The zero-order valence-corrected chi connectivity index (χ0v) is 7.63. The molecule has 8 heteroatoms. The van der Waals surface area contributed by atoms with Crippen LogP contribution < -0.4 is 4.74 Å². The number of carboxylic acid groups (broad SMARTS) is 1. The summed E-state index contributed by atoms with van der Waals surface area (Å²) >= 11 is 4.68. The molecule has 1 heterocycles. The Balaban J connectivity index is 3.09. The molecule has 1 rings (SSSR count). The summed E-state index contributed by atoms with van der Waals surface area (Å²) in [5.74, 6) is -0.583. The largest absolute Gasteiger partial charge is 0.511 e. The van der Waals surface area contributed by atoms with Crippen LogP contribution >= 0.6 is 11.6 Å². The fourth-order valence-corrected chi connectivity index (χ4v) is 0.963. The van der Waals surface area contributed by atoms with E-state index in [0.29, 0.717) is 0 Å². The van der Waals surface area contributed by atoms with Crippen LogP contribution in [0.25, 0.3) is 0 Å². The van der Waals surface area contributed by atoms with E-state index < -0.39 is 23.0 Å². The summed E-state index contributed by atoms with van der Waals surface area (Å²) in [6.07, 6.45) is -0.722. The number of hydrogen-bond acceptors (Lipinski definition) is 3. The van der Waals surface area contributed by atoms with Crippen molar-refractivity contribution in [3.63, 3.8) is 0 Å². The summed E-state index contributed by atoms with van der Waals surface area (Å²) < 4.78 is 30.2. The fraction of sp³-hybridized carbons (Fsp3) is 0.333. The van der Waals surface area contributed by atoms with Crippen LogP contribution in [-0.4, -0.2) is 21.0 Å². The summed E-state index contributed by atoms with van der Waals surface area (Å²) in [5, 5.41) is 7.74. The first kappa shape index (κ1) is 10.7. The van der Waals surface area contributed by atoms with Gasteiger partial charge in [0.05, 0.1) is 6.20 Å². The maximum atomic E-state index is 12.6. The van der Waals surface area contributed by atoms with Crippen LogP contribution in [0.1, 0.15) is 5.69 Å². The van der Waals surface area contributed by atoms with E-state index in [-0.39, 0.29) is 0 Å². The Morgan fingerprint density at radius 2 is 2.36 bits per heavy atom. The normalized spacial score (nSPS) is 11.4. The van der Waals surface area contributed by atoms with Crippen molar-refractivity contribution in [3.8, 4) is 5.75 Å². The van der Waals surface area contributed by atoms with Crippen LogP contribution in [0.15, 0.2) is 6.20 Å². The number of nitrogens with zero attached hydrogens (tertiary/aromatic N) is 2. The molecule has 1 aromatic heterocycles. The average molecular weight is 227 g/mol. The number of aromatic nitrogens is 2. The highest BCUT2D eigenvalue weighted by Crippen LogP contribution is 2.36. The predicted octanol–water partition coefficient (Wildman–Crippen LogP) is 1.76. The first-order chi connectivity index (χ1) is 6.30. The highest BCUT2D eigenvalue weighted by atomic mass is 35.5. The molecule has 1 N–H and O–H groups in total. The summed E-state index contributed by atoms with van der Waals surface area (Å²) in [7, 11) is 1.33. The molecule has 0 radical (unpaired) electrons. The molecule has 0 aliphatic rings. The maximum absolute atomic E-state index is 12.6. The molecule has 0 unspecified atom stereocenters. The zero-order valence-electron chi connectivity index (χ0n) is 6.87. The maximum Gasteiger partial charge on any atom is 0.511 e. The quantitative estimate of drug-likeness (QED) is 0.617. The average Bonchev–Trinajstić information content (AvgIpc) is 2.28. The van der Waals surface area contributed by atoms with E-state index in [1.165, 1.54) is 7.05 Å². The van der Waals surface area contributed by atoms with E-state index in [1.54, 1.807) is 0 Å². The van der Waals surface area contributed by atoms with Crippen molar-refractivity contribution in [2.24, 2.45) is 7.05 Å². The third-order valence-corrected chi connectivity index (χ3v) is 1.44. The Hall–Kier alpha value is -1.37. The molecule has 0 fully saturated rings. The molecule has 14 heavy (non-hydrogen) atoms. The third-order valence-electron chi connectivity index (χ3n) is 1.26. The molecule has 0 spiro atoms.